The molecule has 2 aliphatic rings. The maximum Gasteiger partial charge on any atom is 4.00 e. The fraction of sp³-hybridized carbons (Fsp3) is 0.591. The minimum atomic E-state index is -0.262. The molecule has 1 unspecified atom stereocenters. The molecule has 1 saturated carbocycles. The molecule has 2 aliphatic carbocycles. The largest absolute Gasteiger partial charge is 4.00 e. The van der Waals surface area contributed by atoms with Crippen LogP contribution in [0.4, 0.5) is 0 Å². The summed E-state index contributed by atoms with van der Waals surface area (Å²) in [6.07, 6.45) is 23.7. The van der Waals surface area contributed by atoms with Crippen LogP contribution < -0.4 is 42.4 Å². The summed E-state index contributed by atoms with van der Waals surface area (Å²) >= 11 is 0. The van der Waals surface area contributed by atoms with Gasteiger partial charge in [0.2, 0.25) is 0 Å². The first kappa shape index (κ1) is 29.8. The van der Waals surface area contributed by atoms with Crippen molar-refractivity contribution in [2.24, 2.45) is 5.92 Å². The van der Waals surface area contributed by atoms with E-state index >= 15 is 0 Å². The zero-order valence-electron chi connectivity index (χ0n) is 16.5. The van der Waals surface area contributed by atoms with Crippen molar-refractivity contribution in [1.29, 1.82) is 0 Å². The van der Waals surface area contributed by atoms with Crippen LogP contribution in [0, 0.1) is 5.92 Å². The molecule has 0 amide bonds. The molecule has 0 heterocycles. The van der Waals surface area contributed by atoms with Gasteiger partial charge in [0.15, 0.2) is 0 Å². The van der Waals surface area contributed by atoms with E-state index in [9.17, 15) is 0 Å². The quantitative estimate of drug-likeness (QED) is 0.278. The van der Waals surface area contributed by atoms with E-state index < -0.39 is 0 Å². The number of rotatable bonds is 7. The van der Waals surface area contributed by atoms with Gasteiger partial charge in [-0.2, -0.15) is 16.8 Å². The zero-order chi connectivity index (χ0) is 16.0. The van der Waals surface area contributed by atoms with Gasteiger partial charge in [-0.15, -0.1) is 0 Å². The Bertz CT molecular complexity index is 550. The number of unbranched alkanes of at least 4 members (excludes halogenated alkanes) is 1. The number of hydrogen-bond donors (Lipinski definition) is 0. The summed E-state index contributed by atoms with van der Waals surface area (Å²) < 4.78 is 0. The molecule has 5 heteroatoms. The van der Waals surface area contributed by atoms with E-state index in [1.807, 2.05) is 0 Å². The molecule has 1 aromatic carbocycles. The van der Waals surface area contributed by atoms with E-state index in [4.69, 9.17) is 0 Å². The van der Waals surface area contributed by atoms with E-state index in [1.165, 1.54) is 64.2 Å². The SMILES string of the molecule is CCCCc1ccc[c-]1[SiH2]C1(CC2CCCCC2)C=CC=CC1.[Cl-].[Cl-].[Cl-].[Ti+4]. The maximum atomic E-state index is 2.60. The first-order valence-electron chi connectivity index (χ1n) is 9.89. The van der Waals surface area contributed by atoms with E-state index in [2.05, 4.69) is 49.4 Å². The number of aryl methyl sites for hydroxylation is 1. The van der Waals surface area contributed by atoms with Gasteiger partial charge in [-0.1, -0.05) is 82.6 Å². The van der Waals surface area contributed by atoms with Crippen molar-refractivity contribution < 1.29 is 58.9 Å². The molecular weight excluding hydrogens is 447 g/mol. The topological polar surface area (TPSA) is 0 Å². The third-order valence-electron chi connectivity index (χ3n) is 5.99. The summed E-state index contributed by atoms with van der Waals surface area (Å²) in [5.74, 6) is 0.987. The first-order valence-corrected chi connectivity index (χ1v) is 11.3. The second-order valence-electron chi connectivity index (χ2n) is 7.92. The Hall–Kier alpha value is 0.631. The standard InChI is InChI=1S/C22H33Si.3ClH.Ti/c1-2-3-13-20-14-10-15-21(20)23-22(16-8-5-9-17-22)18-19-11-6-4-7-12-19;;;;/h5,8-10,14-16,19H,2-4,6-7,11-13,17-18,23H2,1H3;3*1H;/q-1;;;;+4/p-3. The van der Waals surface area contributed by atoms with Crippen molar-refractivity contribution in [2.75, 3.05) is 0 Å². The Labute approximate surface area is 202 Å². The van der Waals surface area contributed by atoms with Crippen molar-refractivity contribution in [3.05, 3.63) is 48.1 Å². The Morgan fingerprint density at radius 2 is 1.85 bits per heavy atom. The fourth-order valence-electron chi connectivity index (χ4n) is 4.69. The van der Waals surface area contributed by atoms with E-state index in [-0.39, 0.29) is 68.5 Å². The summed E-state index contributed by atoms with van der Waals surface area (Å²) in [7, 11) is -0.262. The van der Waals surface area contributed by atoms with Crippen LogP contribution in [0.1, 0.15) is 70.3 Å². The van der Waals surface area contributed by atoms with Gasteiger partial charge < -0.3 is 37.2 Å². The number of halogens is 3. The molecule has 0 aliphatic heterocycles. The predicted octanol–water partition coefficient (Wildman–Crippen LogP) is -3.80. The molecule has 1 atom stereocenters. The van der Waals surface area contributed by atoms with Crippen molar-refractivity contribution in [3.63, 3.8) is 0 Å². The third kappa shape index (κ3) is 8.89. The second kappa shape index (κ2) is 15.5. The minimum absolute atomic E-state index is 0. The van der Waals surface area contributed by atoms with Crippen LogP contribution in [0.15, 0.2) is 42.5 Å². The van der Waals surface area contributed by atoms with Crippen LogP contribution in [0.2, 0.25) is 5.04 Å². The van der Waals surface area contributed by atoms with Crippen LogP contribution >= 0.6 is 0 Å². The molecule has 0 aromatic heterocycles. The van der Waals surface area contributed by atoms with Gasteiger partial charge in [0.25, 0.3) is 0 Å². The maximum absolute atomic E-state index is 2.60. The monoisotopic (exact) mass is 478 g/mol. The summed E-state index contributed by atoms with van der Waals surface area (Å²) in [4.78, 5) is 0. The molecule has 3 rings (SSSR count). The smallest absolute Gasteiger partial charge is 1.00 e. The van der Waals surface area contributed by atoms with Gasteiger partial charge in [-0.25, -0.2) is 12.1 Å². The van der Waals surface area contributed by atoms with E-state index in [0.717, 1.165) is 5.92 Å². The molecule has 1 fully saturated rings. The average molecular weight is 480 g/mol. The Balaban J connectivity index is 0. The van der Waals surface area contributed by atoms with Gasteiger partial charge in [-0.3, -0.25) is 0 Å². The van der Waals surface area contributed by atoms with Gasteiger partial charge in [0.05, 0.1) is 0 Å². The van der Waals surface area contributed by atoms with Gasteiger partial charge in [-0.05, 0) is 23.8 Å². The fourth-order valence-corrected chi connectivity index (χ4v) is 7.34. The van der Waals surface area contributed by atoms with Crippen LogP contribution in [0.25, 0.3) is 0 Å². The molecule has 27 heavy (non-hydrogen) atoms. The number of hydrogen-bond acceptors (Lipinski definition) is 0. The number of allylic oxidation sites excluding steroid dienone is 4. The molecule has 1 aromatic rings. The first-order chi connectivity index (χ1) is 11.3. The van der Waals surface area contributed by atoms with Crippen molar-refractivity contribution in [2.45, 2.75) is 76.2 Å². The summed E-state index contributed by atoms with van der Waals surface area (Å²) in [5.41, 5.74) is 1.67. The third-order valence-corrected chi connectivity index (χ3v) is 8.58. The zero-order valence-corrected chi connectivity index (χ0v) is 21.8. The molecule has 150 valence electrons. The Kier molecular flexibility index (Phi) is 17.1. The van der Waals surface area contributed by atoms with Crippen LogP contribution in [-0.2, 0) is 28.1 Å². The van der Waals surface area contributed by atoms with Gasteiger partial charge in [0.1, 0.15) is 0 Å². The van der Waals surface area contributed by atoms with Crippen LogP contribution in [0.5, 0.6) is 0 Å². The average Bonchev–Trinajstić information content (AvgIpc) is 3.01. The summed E-state index contributed by atoms with van der Waals surface area (Å²) in [6, 6.07) is 7.16. The molecule has 0 saturated heterocycles. The molecule has 0 nitrogen and oxygen atoms in total. The molecule has 0 bridgehead atoms. The van der Waals surface area contributed by atoms with Crippen LogP contribution in [0.3, 0.4) is 0 Å². The van der Waals surface area contributed by atoms with Gasteiger partial charge in [0, 0.05) is 9.52 Å². The van der Waals surface area contributed by atoms with Crippen molar-refractivity contribution >= 4 is 14.7 Å². The van der Waals surface area contributed by atoms with Crippen LogP contribution in [-0.4, -0.2) is 9.52 Å². The summed E-state index contributed by atoms with van der Waals surface area (Å²) in [6.45, 7) is 2.30. The molecule has 0 N–H and O–H groups in total. The van der Waals surface area contributed by atoms with Crippen molar-refractivity contribution in [3.8, 4) is 0 Å². The predicted molar refractivity (Wildman–Crippen MR) is 106 cm³/mol. The van der Waals surface area contributed by atoms with Crippen molar-refractivity contribution in [1.82, 2.24) is 0 Å². The Morgan fingerprint density at radius 3 is 2.48 bits per heavy atom. The normalized spacial score (nSPS) is 21.8. The summed E-state index contributed by atoms with van der Waals surface area (Å²) in [5, 5.41) is 2.28. The molecular formula is C22H33Cl3SiTi. The van der Waals surface area contributed by atoms with E-state index in [1.54, 1.807) is 10.8 Å². The van der Waals surface area contributed by atoms with Gasteiger partial charge >= 0.3 is 21.7 Å². The molecule has 0 radical (unpaired) electrons. The Morgan fingerprint density at radius 1 is 1.11 bits per heavy atom. The second-order valence-corrected chi connectivity index (χ2v) is 10.4. The minimum Gasteiger partial charge on any atom is -1.00 e. The molecule has 0 spiro atoms. The van der Waals surface area contributed by atoms with E-state index in [0.29, 0.717) is 5.04 Å².